The molecule has 0 aliphatic carbocycles. The Kier molecular flexibility index (Phi) is 2.13. The van der Waals surface area contributed by atoms with Crippen molar-refractivity contribution >= 4 is 11.6 Å². The quantitative estimate of drug-likeness (QED) is 0.619. The monoisotopic (exact) mass is 164 g/mol. The molecule has 0 saturated carbocycles. The number of hydrogen-bond acceptors (Lipinski definition) is 3. The van der Waals surface area contributed by atoms with Crippen molar-refractivity contribution in [3.8, 4) is 0 Å². The fourth-order valence-corrected chi connectivity index (χ4v) is 1.13. The van der Waals surface area contributed by atoms with Gasteiger partial charge in [-0.25, -0.2) is 4.99 Å². The minimum absolute atomic E-state index is 0.00472. The molecule has 3 heteroatoms. The summed E-state index contributed by atoms with van der Waals surface area (Å²) in [5.74, 6) is 0.366. The van der Waals surface area contributed by atoms with E-state index in [0.29, 0.717) is 12.3 Å². The Labute approximate surface area is 71.7 Å². The van der Waals surface area contributed by atoms with Gasteiger partial charge in [-0.1, -0.05) is 6.08 Å². The Morgan fingerprint density at radius 3 is 3.00 bits per heavy atom. The summed E-state index contributed by atoms with van der Waals surface area (Å²) in [6.45, 7) is 5.36. The molecule has 0 saturated heterocycles. The highest BCUT2D eigenvalue weighted by Gasteiger charge is 2.35. The molecule has 3 nitrogen and oxygen atoms in total. The molecular weight excluding hydrogens is 152 g/mol. The number of rotatable bonds is 2. The van der Waals surface area contributed by atoms with Gasteiger partial charge in [0, 0.05) is 12.3 Å². The standard InChI is InChI=1S/C9H12N2O/c1-3-5-9(2)7(12)4-6-11-8(9)10/h3-4,6H,1,5H2,2H3,(H2,10,11). The highest BCUT2D eigenvalue weighted by atomic mass is 16.1. The van der Waals surface area contributed by atoms with Crippen molar-refractivity contribution in [1.82, 2.24) is 0 Å². The van der Waals surface area contributed by atoms with Crippen LogP contribution in [0.4, 0.5) is 0 Å². The highest BCUT2D eigenvalue weighted by Crippen LogP contribution is 2.26. The van der Waals surface area contributed by atoms with Crippen LogP contribution in [0.25, 0.3) is 0 Å². The van der Waals surface area contributed by atoms with Crippen molar-refractivity contribution in [2.75, 3.05) is 0 Å². The first kappa shape index (κ1) is 8.71. The van der Waals surface area contributed by atoms with Crippen LogP contribution in [0.3, 0.4) is 0 Å². The molecule has 12 heavy (non-hydrogen) atoms. The van der Waals surface area contributed by atoms with E-state index in [2.05, 4.69) is 11.6 Å². The number of nitrogens with zero attached hydrogens (tertiary/aromatic N) is 1. The van der Waals surface area contributed by atoms with Gasteiger partial charge in [0.25, 0.3) is 0 Å². The maximum Gasteiger partial charge on any atom is 0.170 e. The summed E-state index contributed by atoms with van der Waals surface area (Å²) in [7, 11) is 0. The summed E-state index contributed by atoms with van der Waals surface area (Å²) in [6.07, 6.45) is 5.09. The minimum atomic E-state index is -0.670. The number of amidine groups is 1. The van der Waals surface area contributed by atoms with E-state index in [4.69, 9.17) is 5.73 Å². The number of ketones is 1. The Bertz CT molecular complexity index is 278. The molecule has 1 rings (SSSR count). The summed E-state index contributed by atoms with van der Waals surface area (Å²) < 4.78 is 0. The molecule has 0 aromatic rings. The van der Waals surface area contributed by atoms with Gasteiger partial charge >= 0.3 is 0 Å². The van der Waals surface area contributed by atoms with Crippen molar-refractivity contribution in [1.29, 1.82) is 0 Å². The zero-order valence-electron chi connectivity index (χ0n) is 7.08. The van der Waals surface area contributed by atoms with Gasteiger partial charge in [-0.3, -0.25) is 4.79 Å². The van der Waals surface area contributed by atoms with E-state index < -0.39 is 5.41 Å². The first-order valence-corrected chi connectivity index (χ1v) is 3.77. The van der Waals surface area contributed by atoms with Crippen LogP contribution in [-0.4, -0.2) is 11.6 Å². The predicted molar refractivity (Wildman–Crippen MR) is 48.7 cm³/mol. The summed E-state index contributed by atoms with van der Waals surface area (Å²) in [6, 6.07) is 0. The second kappa shape index (κ2) is 2.93. The topological polar surface area (TPSA) is 55.5 Å². The van der Waals surface area contributed by atoms with Crippen molar-refractivity contribution in [3.05, 3.63) is 24.9 Å². The van der Waals surface area contributed by atoms with E-state index in [0.717, 1.165) is 0 Å². The van der Waals surface area contributed by atoms with Crippen LogP contribution in [-0.2, 0) is 4.79 Å². The van der Waals surface area contributed by atoms with Crippen LogP contribution >= 0.6 is 0 Å². The molecule has 1 atom stereocenters. The van der Waals surface area contributed by atoms with E-state index in [-0.39, 0.29) is 5.78 Å². The molecule has 0 radical (unpaired) electrons. The Balaban J connectivity index is 3.01. The lowest BCUT2D eigenvalue weighted by Crippen LogP contribution is -2.41. The van der Waals surface area contributed by atoms with Crippen LogP contribution in [0.15, 0.2) is 29.9 Å². The third kappa shape index (κ3) is 1.18. The van der Waals surface area contributed by atoms with Crippen LogP contribution in [0.2, 0.25) is 0 Å². The van der Waals surface area contributed by atoms with Crippen molar-refractivity contribution in [3.63, 3.8) is 0 Å². The largest absolute Gasteiger partial charge is 0.386 e. The van der Waals surface area contributed by atoms with Gasteiger partial charge < -0.3 is 5.73 Å². The maximum absolute atomic E-state index is 11.4. The summed E-state index contributed by atoms with van der Waals surface area (Å²) in [5, 5.41) is 0. The average molecular weight is 164 g/mol. The number of hydrogen-bond donors (Lipinski definition) is 1. The van der Waals surface area contributed by atoms with E-state index in [9.17, 15) is 4.79 Å². The predicted octanol–water partition coefficient (Wildman–Crippen LogP) is 1.02. The van der Waals surface area contributed by atoms with Gasteiger partial charge in [-0.15, -0.1) is 6.58 Å². The van der Waals surface area contributed by atoms with E-state index in [1.54, 1.807) is 13.0 Å². The Hall–Kier alpha value is -1.38. The number of carbonyl (C=O) groups is 1. The number of allylic oxidation sites excluding steroid dienone is 2. The second-order valence-corrected chi connectivity index (χ2v) is 3.02. The third-order valence-electron chi connectivity index (χ3n) is 2.10. The smallest absolute Gasteiger partial charge is 0.170 e. The maximum atomic E-state index is 11.4. The molecule has 1 aliphatic heterocycles. The van der Waals surface area contributed by atoms with Crippen molar-refractivity contribution < 1.29 is 4.79 Å². The van der Waals surface area contributed by atoms with Crippen molar-refractivity contribution in [2.45, 2.75) is 13.3 Å². The van der Waals surface area contributed by atoms with Crippen LogP contribution < -0.4 is 5.73 Å². The Morgan fingerprint density at radius 2 is 2.50 bits per heavy atom. The molecule has 0 spiro atoms. The van der Waals surface area contributed by atoms with Gasteiger partial charge in [0.2, 0.25) is 0 Å². The zero-order chi connectivity index (χ0) is 9.19. The first-order chi connectivity index (χ1) is 5.61. The summed E-state index contributed by atoms with van der Waals surface area (Å²) in [4.78, 5) is 15.3. The summed E-state index contributed by atoms with van der Waals surface area (Å²) in [5.41, 5.74) is 4.95. The van der Waals surface area contributed by atoms with Crippen LogP contribution in [0.1, 0.15) is 13.3 Å². The molecule has 0 fully saturated rings. The lowest BCUT2D eigenvalue weighted by molar-refractivity contribution is -0.120. The van der Waals surface area contributed by atoms with E-state index in [1.165, 1.54) is 12.3 Å². The van der Waals surface area contributed by atoms with E-state index >= 15 is 0 Å². The molecule has 0 amide bonds. The van der Waals surface area contributed by atoms with Crippen LogP contribution in [0.5, 0.6) is 0 Å². The highest BCUT2D eigenvalue weighted by molar-refractivity contribution is 6.13. The number of aliphatic imine (C=N–C) groups is 1. The molecule has 1 heterocycles. The second-order valence-electron chi connectivity index (χ2n) is 3.02. The fourth-order valence-electron chi connectivity index (χ4n) is 1.13. The molecule has 2 N–H and O–H groups in total. The number of carbonyl (C=O) groups excluding carboxylic acids is 1. The average Bonchev–Trinajstić information content (AvgIpc) is 2.02. The van der Waals surface area contributed by atoms with Gasteiger partial charge in [0.1, 0.15) is 5.84 Å². The minimum Gasteiger partial charge on any atom is -0.386 e. The van der Waals surface area contributed by atoms with Gasteiger partial charge in [0.05, 0.1) is 5.41 Å². The van der Waals surface area contributed by atoms with Crippen molar-refractivity contribution in [2.24, 2.45) is 16.1 Å². The lowest BCUT2D eigenvalue weighted by Gasteiger charge is -2.26. The Morgan fingerprint density at radius 1 is 1.83 bits per heavy atom. The lowest BCUT2D eigenvalue weighted by atomic mass is 9.80. The van der Waals surface area contributed by atoms with E-state index in [1.807, 2.05) is 0 Å². The zero-order valence-corrected chi connectivity index (χ0v) is 7.08. The number of nitrogens with two attached hydrogens (primary N) is 1. The molecule has 0 bridgehead atoms. The van der Waals surface area contributed by atoms with Gasteiger partial charge in [0.15, 0.2) is 5.78 Å². The first-order valence-electron chi connectivity index (χ1n) is 3.77. The molecule has 1 unspecified atom stereocenters. The molecule has 64 valence electrons. The van der Waals surface area contributed by atoms with Gasteiger partial charge in [-0.2, -0.15) is 0 Å². The molecule has 0 aromatic heterocycles. The normalized spacial score (nSPS) is 28.4. The molecular formula is C9H12N2O. The molecule has 0 aromatic carbocycles. The summed E-state index contributed by atoms with van der Waals surface area (Å²) >= 11 is 0. The van der Waals surface area contributed by atoms with Gasteiger partial charge in [-0.05, 0) is 13.3 Å². The van der Waals surface area contributed by atoms with Crippen LogP contribution in [0, 0.1) is 5.41 Å². The molecule has 1 aliphatic rings. The third-order valence-corrected chi connectivity index (χ3v) is 2.10. The SMILES string of the molecule is C=CCC1(C)C(=O)C=CN=C1N. The fraction of sp³-hybridized carbons (Fsp3) is 0.333.